The van der Waals surface area contributed by atoms with Crippen LogP contribution in [0.25, 0.3) is 0 Å². The van der Waals surface area contributed by atoms with Crippen molar-refractivity contribution >= 4 is 11.5 Å². The van der Waals surface area contributed by atoms with E-state index in [4.69, 9.17) is 5.73 Å². The third-order valence-corrected chi connectivity index (χ3v) is 4.30. The Morgan fingerprint density at radius 2 is 2.22 bits per heavy atom. The molecule has 98 valence electrons. The molecule has 2 aliphatic rings. The Bertz CT molecular complexity index is 432. The number of aromatic nitrogens is 1. The topological polar surface area (TPSA) is 54.2 Å². The van der Waals surface area contributed by atoms with Gasteiger partial charge < -0.3 is 16.0 Å². The predicted octanol–water partition coefficient (Wildman–Crippen LogP) is 2.01. The Labute approximate surface area is 109 Å². The van der Waals surface area contributed by atoms with E-state index in [1.165, 1.54) is 38.8 Å². The molecule has 18 heavy (non-hydrogen) atoms. The second-order valence-electron chi connectivity index (χ2n) is 5.57. The summed E-state index contributed by atoms with van der Waals surface area (Å²) in [6, 6.07) is 5.30. The van der Waals surface area contributed by atoms with Crippen molar-refractivity contribution in [1.29, 1.82) is 0 Å². The van der Waals surface area contributed by atoms with E-state index in [0.29, 0.717) is 6.04 Å². The van der Waals surface area contributed by atoms with Crippen LogP contribution in [-0.2, 0) is 0 Å². The number of hydrogen-bond donors (Lipinski definition) is 2. The summed E-state index contributed by atoms with van der Waals surface area (Å²) in [6.45, 7) is 4.49. The number of hydrogen-bond acceptors (Lipinski definition) is 4. The molecule has 1 aromatic heterocycles. The first-order valence-corrected chi connectivity index (χ1v) is 6.96. The first-order chi connectivity index (χ1) is 8.72. The number of piperidine rings is 1. The summed E-state index contributed by atoms with van der Waals surface area (Å²) in [4.78, 5) is 7.14. The molecule has 2 atom stereocenters. The van der Waals surface area contributed by atoms with E-state index in [1.54, 1.807) is 0 Å². The molecule has 0 aromatic carbocycles. The molecule has 3 N–H and O–H groups in total. The number of nitrogens with zero attached hydrogens (tertiary/aromatic N) is 2. The highest BCUT2D eigenvalue weighted by Gasteiger charge is 2.31. The molecule has 2 aliphatic heterocycles. The molecule has 2 saturated heterocycles. The Morgan fingerprint density at radius 3 is 3.06 bits per heavy atom. The van der Waals surface area contributed by atoms with Gasteiger partial charge in [-0.2, -0.15) is 0 Å². The van der Waals surface area contributed by atoms with E-state index in [-0.39, 0.29) is 0 Å². The Balaban J connectivity index is 1.64. The van der Waals surface area contributed by atoms with E-state index >= 15 is 0 Å². The molecule has 0 aliphatic carbocycles. The average molecular weight is 246 g/mol. The summed E-state index contributed by atoms with van der Waals surface area (Å²) in [5.41, 5.74) is 7.48. The second-order valence-corrected chi connectivity index (χ2v) is 5.57. The van der Waals surface area contributed by atoms with Gasteiger partial charge in [-0.3, -0.25) is 0 Å². The number of pyridine rings is 1. The molecule has 1 aromatic rings. The minimum absolute atomic E-state index is 0.569. The van der Waals surface area contributed by atoms with E-state index in [2.05, 4.69) is 15.2 Å². The highest BCUT2D eigenvalue weighted by Crippen LogP contribution is 2.28. The standard InChI is InChI=1S/C14H22N4/c1-10-13(15)4-5-14(16-10)17-11-6-8-18-7-2-3-12(18)9-11/h4-5,11-12H,2-3,6-9,15H2,1H3,(H,16,17). The minimum Gasteiger partial charge on any atom is -0.397 e. The zero-order chi connectivity index (χ0) is 12.5. The van der Waals surface area contributed by atoms with Crippen LogP contribution in [0.1, 0.15) is 31.4 Å². The quantitative estimate of drug-likeness (QED) is 0.838. The average Bonchev–Trinajstić information content (AvgIpc) is 2.81. The third-order valence-electron chi connectivity index (χ3n) is 4.30. The maximum absolute atomic E-state index is 5.79. The number of aryl methyl sites for hydroxylation is 1. The van der Waals surface area contributed by atoms with Crippen molar-refractivity contribution in [1.82, 2.24) is 9.88 Å². The van der Waals surface area contributed by atoms with Gasteiger partial charge in [0, 0.05) is 18.6 Å². The van der Waals surface area contributed by atoms with Gasteiger partial charge in [-0.1, -0.05) is 0 Å². The van der Waals surface area contributed by atoms with Crippen LogP contribution in [0.4, 0.5) is 11.5 Å². The van der Waals surface area contributed by atoms with Crippen molar-refractivity contribution in [3.05, 3.63) is 17.8 Å². The fourth-order valence-electron chi connectivity index (χ4n) is 3.22. The molecule has 0 amide bonds. The number of anilines is 2. The Hall–Kier alpha value is -1.29. The van der Waals surface area contributed by atoms with Crippen molar-refractivity contribution in [2.45, 2.75) is 44.7 Å². The molecule has 0 spiro atoms. The maximum atomic E-state index is 5.79. The van der Waals surface area contributed by atoms with Crippen molar-refractivity contribution in [3.63, 3.8) is 0 Å². The molecule has 2 unspecified atom stereocenters. The minimum atomic E-state index is 0.569. The summed E-state index contributed by atoms with van der Waals surface area (Å²) in [7, 11) is 0. The summed E-state index contributed by atoms with van der Waals surface area (Å²) in [5.74, 6) is 0.971. The molecule has 0 saturated carbocycles. The lowest BCUT2D eigenvalue weighted by molar-refractivity contribution is 0.188. The van der Waals surface area contributed by atoms with Crippen LogP contribution < -0.4 is 11.1 Å². The zero-order valence-corrected chi connectivity index (χ0v) is 11.0. The summed E-state index contributed by atoms with van der Waals surface area (Å²) >= 11 is 0. The lowest BCUT2D eigenvalue weighted by Gasteiger charge is -2.35. The molecule has 3 heterocycles. The van der Waals surface area contributed by atoms with E-state index in [1.807, 2.05) is 19.1 Å². The largest absolute Gasteiger partial charge is 0.397 e. The van der Waals surface area contributed by atoms with Crippen LogP contribution in [0.2, 0.25) is 0 Å². The fourth-order valence-corrected chi connectivity index (χ4v) is 3.22. The van der Waals surface area contributed by atoms with Gasteiger partial charge >= 0.3 is 0 Å². The molecular formula is C14H22N4. The normalized spacial score (nSPS) is 28.1. The van der Waals surface area contributed by atoms with Gasteiger partial charge in [-0.05, 0) is 51.3 Å². The van der Waals surface area contributed by atoms with Gasteiger partial charge in [-0.25, -0.2) is 4.98 Å². The van der Waals surface area contributed by atoms with Gasteiger partial charge in [0.15, 0.2) is 0 Å². The second kappa shape index (κ2) is 4.76. The smallest absolute Gasteiger partial charge is 0.126 e. The Kier molecular flexibility index (Phi) is 3.12. The molecular weight excluding hydrogens is 224 g/mol. The van der Waals surface area contributed by atoms with Crippen molar-refractivity contribution in [2.75, 3.05) is 24.1 Å². The third kappa shape index (κ3) is 2.29. The molecule has 4 nitrogen and oxygen atoms in total. The first-order valence-electron chi connectivity index (χ1n) is 6.96. The molecule has 0 radical (unpaired) electrons. The van der Waals surface area contributed by atoms with Crippen LogP contribution in [0, 0.1) is 6.92 Å². The van der Waals surface area contributed by atoms with Crippen molar-refractivity contribution in [3.8, 4) is 0 Å². The lowest BCUT2D eigenvalue weighted by atomic mass is 9.97. The molecule has 0 bridgehead atoms. The maximum Gasteiger partial charge on any atom is 0.126 e. The van der Waals surface area contributed by atoms with Crippen molar-refractivity contribution < 1.29 is 0 Å². The van der Waals surface area contributed by atoms with Gasteiger partial charge in [0.1, 0.15) is 5.82 Å². The van der Waals surface area contributed by atoms with E-state index in [0.717, 1.165) is 23.2 Å². The highest BCUT2D eigenvalue weighted by molar-refractivity contribution is 5.49. The fraction of sp³-hybridized carbons (Fsp3) is 0.643. The summed E-state index contributed by atoms with van der Waals surface area (Å²) in [6.07, 6.45) is 5.22. The van der Waals surface area contributed by atoms with Gasteiger partial charge in [-0.15, -0.1) is 0 Å². The molecule has 3 rings (SSSR count). The summed E-state index contributed by atoms with van der Waals surface area (Å²) in [5, 5.41) is 3.57. The van der Waals surface area contributed by atoms with Crippen LogP contribution in [0.15, 0.2) is 12.1 Å². The lowest BCUT2D eigenvalue weighted by Crippen LogP contribution is -2.42. The van der Waals surface area contributed by atoms with Crippen LogP contribution >= 0.6 is 0 Å². The van der Waals surface area contributed by atoms with Gasteiger partial charge in [0.05, 0.1) is 11.4 Å². The number of nitrogens with two attached hydrogens (primary N) is 1. The van der Waals surface area contributed by atoms with Gasteiger partial charge in [0.2, 0.25) is 0 Å². The first kappa shape index (κ1) is 11.8. The Morgan fingerprint density at radius 1 is 1.33 bits per heavy atom. The SMILES string of the molecule is Cc1nc(NC2CCN3CCCC3C2)ccc1N. The van der Waals surface area contributed by atoms with Crippen LogP contribution in [-0.4, -0.2) is 35.1 Å². The van der Waals surface area contributed by atoms with E-state index < -0.39 is 0 Å². The number of nitrogen functional groups attached to an aromatic ring is 1. The van der Waals surface area contributed by atoms with Gasteiger partial charge in [0.25, 0.3) is 0 Å². The number of nitrogens with one attached hydrogen (secondary N) is 1. The predicted molar refractivity (Wildman–Crippen MR) is 74.6 cm³/mol. The van der Waals surface area contributed by atoms with Crippen molar-refractivity contribution in [2.24, 2.45) is 0 Å². The highest BCUT2D eigenvalue weighted by atomic mass is 15.2. The zero-order valence-electron chi connectivity index (χ0n) is 11.0. The van der Waals surface area contributed by atoms with E-state index in [9.17, 15) is 0 Å². The molecule has 4 heteroatoms. The summed E-state index contributed by atoms with van der Waals surface area (Å²) < 4.78 is 0. The van der Waals surface area contributed by atoms with Crippen LogP contribution in [0.3, 0.4) is 0 Å². The number of fused-ring (bicyclic) bond motifs is 1. The molecule has 2 fully saturated rings. The monoisotopic (exact) mass is 246 g/mol. The number of rotatable bonds is 2. The van der Waals surface area contributed by atoms with Crippen LogP contribution in [0.5, 0.6) is 0 Å².